The van der Waals surface area contributed by atoms with Crippen LogP contribution in [0.2, 0.25) is 5.02 Å². The second-order valence-electron chi connectivity index (χ2n) is 5.10. The van der Waals surface area contributed by atoms with Gasteiger partial charge in [-0.25, -0.2) is 0 Å². The van der Waals surface area contributed by atoms with Gasteiger partial charge in [-0.3, -0.25) is 0 Å². The fourth-order valence-electron chi connectivity index (χ4n) is 2.35. The third-order valence-corrected chi connectivity index (χ3v) is 3.65. The zero-order valence-electron chi connectivity index (χ0n) is 9.29. The van der Waals surface area contributed by atoms with E-state index in [0.29, 0.717) is 11.4 Å². The zero-order chi connectivity index (χ0) is 11.3. The third-order valence-electron chi connectivity index (χ3n) is 3.37. The van der Waals surface area contributed by atoms with Crippen LogP contribution in [0.1, 0.15) is 30.9 Å². The molecular formula is C13H15ClO2. The first kappa shape index (κ1) is 10.4. The number of hydrogen-bond acceptors (Lipinski definition) is 2. The van der Waals surface area contributed by atoms with Gasteiger partial charge < -0.3 is 9.84 Å². The molecular weight excluding hydrogens is 224 g/mol. The van der Waals surface area contributed by atoms with Gasteiger partial charge in [0.15, 0.2) is 0 Å². The predicted octanol–water partition coefficient (Wildman–Crippen LogP) is 2.73. The Hall–Kier alpha value is -0.730. The highest BCUT2D eigenvalue weighted by atomic mass is 35.5. The highest BCUT2D eigenvalue weighted by molar-refractivity contribution is 6.32. The predicted molar refractivity (Wildman–Crippen MR) is 63.1 cm³/mol. The maximum absolute atomic E-state index is 9.90. The molecule has 0 amide bonds. The van der Waals surface area contributed by atoms with Crippen molar-refractivity contribution >= 4 is 11.6 Å². The fourth-order valence-corrected chi connectivity index (χ4v) is 2.66. The summed E-state index contributed by atoms with van der Waals surface area (Å²) in [7, 11) is 0. The Labute approximate surface area is 100 Å². The van der Waals surface area contributed by atoms with Crippen LogP contribution in [0.4, 0.5) is 0 Å². The maximum atomic E-state index is 9.90. The molecule has 2 aliphatic rings. The minimum atomic E-state index is -0.456. The summed E-state index contributed by atoms with van der Waals surface area (Å²) in [4.78, 5) is 0. The van der Waals surface area contributed by atoms with Crippen molar-refractivity contribution in [1.82, 2.24) is 0 Å². The van der Waals surface area contributed by atoms with E-state index in [4.69, 9.17) is 16.3 Å². The molecule has 1 N–H and O–H groups in total. The molecule has 0 saturated heterocycles. The van der Waals surface area contributed by atoms with E-state index in [-0.39, 0.29) is 6.10 Å². The summed E-state index contributed by atoms with van der Waals surface area (Å²) in [6.07, 6.45) is 3.67. The van der Waals surface area contributed by atoms with Crippen molar-refractivity contribution in [3.05, 3.63) is 28.3 Å². The van der Waals surface area contributed by atoms with E-state index in [1.165, 1.54) is 5.56 Å². The Morgan fingerprint density at radius 3 is 2.94 bits per heavy atom. The van der Waals surface area contributed by atoms with Crippen LogP contribution < -0.4 is 4.74 Å². The van der Waals surface area contributed by atoms with E-state index >= 15 is 0 Å². The van der Waals surface area contributed by atoms with Crippen molar-refractivity contribution in [2.45, 2.75) is 44.3 Å². The molecule has 3 rings (SSSR count). The lowest BCUT2D eigenvalue weighted by Gasteiger charge is -2.10. The summed E-state index contributed by atoms with van der Waals surface area (Å²) >= 11 is 6.18. The van der Waals surface area contributed by atoms with Gasteiger partial charge in [-0.2, -0.15) is 0 Å². The van der Waals surface area contributed by atoms with Gasteiger partial charge in [-0.05, 0) is 37.0 Å². The molecule has 0 bridgehead atoms. The van der Waals surface area contributed by atoms with E-state index < -0.39 is 5.60 Å². The van der Waals surface area contributed by atoms with E-state index in [1.54, 1.807) is 0 Å². The number of fused-ring (bicyclic) bond motifs is 1. The van der Waals surface area contributed by atoms with Crippen molar-refractivity contribution in [1.29, 1.82) is 0 Å². The van der Waals surface area contributed by atoms with Crippen LogP contribution in [-0.2, 0) is 12.8 Å². The van der Waals surface area contributed by atoms with Crippen LogP contribution in [0.3, 0.4) is 0 Å². The topological polar surface area (TPSA) is 29.5 Å². The highest BCUT2D eigenvalue weighted by Gasteiger charge is 2.40. The van der Waals surface area contributed by atoms with E-state index in [0.717, 1.165) is 30.6 Å². The first-order valence-electron chi connectivity index (χ1n) is 5.76. The Balaban J connectivity index is 1.91. The standard InChI is InChI=1S/C13H15ClO2/c1-8-4-10-5-9(7-13(15)2-3-13)6-11(14)12(10)16-8/h5-6,8,15H,2-4,7H2,1H3. The molecule has 0 radical (unpaired) electrons. The summed E-state index contributed by atoms with van der Waals surface area (Å²) in [6, 6.07) is 4.05. The molecule has 1 aliphatic carbocycles. The Kier molecular flexibility index (Phi) is 2.20. The molecule has 2 nitrogen and oxygen atoms in total. The summed E-state index contributed by atoms with van der Waals surface area (Å²) in [6.45, 7) is 2.05. The lowest BCUT2D eigenvalue weighted by Crippen LogP contribution is -2.10. The Morgan fingerprint density at radius 1 is 1.50 bits per heavy atom. The van der Waals surface area contributed by atoms with E-state index in [1.807, 2.05) is 13.0 Å². The maximum Gasteiger partial charge on any atom is 0.141 e. The van der Waals surface area contributed by atoms with Crippen molar-refractivity contribution in [2.75, 3.05) is 0 Å². The molecule has 3 heteroatoms. The molecule has 16 heavy (non-hydrogen) atoms. The number of aliphatic hydroxyl groups is 1. The lowest BCUT2D eigenvalue weighted by molar-refractivity contribution is 0.151. The zero-order valence-corrected chi connectivity index (χ0v) is 10.0. The number of benzene rings is 1. The normalized spacial score (nSPS) is 25.1. The summed E-state index contributed by atoms with van der Waals surface area (Å²) in [5.41, 5.74) is 1.85. The average Bonchev–Trinajstić information content (AvgIpc) is 2.76. The average molecular weight is 239 g/mol. The summed E-state index contributed by atoms with van der Waals surface area (Å²) < 4.78 is 5.64. The van der Waals surface area contributed by atoms with E-state index in [2.05, 4.69) is 6.07 Å². The molecule has 1 aromatic carbocycles. The first-order chi connectivity index (χ1) is 7.56. The van der Waals surface area contributed by atoms with Crippen LogP contribution >= 0.6 is 11.6 Å². The molecule has 1 aromatic rings. The van der Waals surface area contributed by atoms with Crippen molar-refractivity contribution in [3.8, 4) is 5.75 Å². The molecule has 86 valence electrons. The molecule has 1 atom stereocenters. The Bertz CT molecular complexity index is 438. The SMILES string of the molecule is CC1Cc2cc(CC3(O)CC3)cc(Cl)c2O1. The smallest absolute Gasteiger partial charge is 0.141 e. The van der Waals surface area contributed by atoms with Gasteiger partial charge in [0.25, 0.3) is 0 Å². The van der Waals surface area contributed by atoms with Crippen LogP contribution in [0.15, 0.2) is 12.1 Å². The van der Waals surface area contributed by atoms with Crippen LogP contribution in [0, 0.1) is 0 Å². The highest BCUT2D eigenvalue weighted by Crippen LogP contribution is 2.41. The van der Waals surface area contributed by atoms with Gasteiger partial charge in [-0.15, -0.1) is 0 Å². The molecule has 0 spiro atoms. The van der Waals surface area contributed by atoms with Crippen molar-refractivity contribution in [3.63, 3.8) is 0 Å². The van der Waals surface area contributed by atoms with Crippen LogP contribution in [0.25, 0.3) is 0 Å². The summed E-state index contributed by atoms with van der Waals surface area (Å²) in [5.74, 6) is 0.834. The van der Waals surface area contributed by atoms with Gasteiger partial charge in [0.1, 0.15) is 11.9 Å². The van der Waals surface area contributed by atoms with Gasteiger partial charge >= 0.3 is 0 Å². The van der Waals surface area contributed by atoms with Gasteiger partial charge in [0.2, 0.25) is 0 Å². The fraction of sp³-hybridized carbons (Fsp3) is 0.538. The second kappa shape index (κ2) is 3.38. The van der Waals surface area contributed by atoms with Crippen LogP contribution in [-0.4, -0.2) is 16.8 Å². The number of ether oxygens (including phenoxy) is 1. The van der Waals surface area contributed by atoms with Gasteiger partial charge in [0, 0.05) is 12.8 Å². The molecule has 1 saturated carbocycles. The molecule has 1 fully saturated rings. The van der Waals surface area contributed by atoms with Gasteiger partial charge in [0.05, 0.1) is 10.6 Å². The first-order valence-corrected chi connectivity index (χ1v) is 6.14. The van der Waals surface area contributed by atoms with Crippen molar-refractivity contribution < 1.29 is 9.84 Å². The number of rotatable bonds is 2. The number of halogens is 1. The minimum Gasteiger partial charge on any atom is -0.489 e. The molecule has 1 heterocycles. The Morgan fingerprint density at radius 2 is 2.25 bits per heavy atom. The summed E-state index contributed by atoms with van der Waals surface area (Å²) in [5, 5.41) is 10.6. The van der Waals surface area contributed by atoms with E-state index in [9.17, 15) is 5.11 Å². The quantitative estimate of drug-likeness (QED) is 0.859. The lowest BCUT2D eigenvalue weighted by atomic mass is 10.0. The molecule has 1 aliphatic heterocycles. The monoisotopic (exact) mass is 238 g/mol. The molecule has 0 aromatic heterocycles. The largest absolute Gasteiger partial charge is 0.489 e. The molecule has 1 unspecified atom stereocenters. The number of hydrogen-bond donors (Lipinski definition) is 1. The van der Waals surface area contributed by atoms with Gasteiger partial charge in [-0.1, -0.05) is 17.7 Å². The minimum absolute atomic E-state index is 0.215. The van der Waals surface area contributed by atoms with Crippen LogP contribution in [0.5, 0.6) is 5.75 Å². The second-order valence-corrected chi connectivity index (χ2v) is 5.51. The van der Waals surface area contributed by atoms with Crippen molar-refractivity contribution in [2.24, 2.45) is 0 Å². The third kappa shape index (κ3) is 1.80.